The highest BCUT2D eigenvalue weighted by Crippen LogP contribution is 2.15. The molecule has 1 aliphatic rings. The average Bonchev–Trinajstić information content (AvgIpc) is 2.92. The summed E-state index contributed by atoms with van der Waals surface area (Å²) >= 11 is 0. The third kappa shape index (κ3) is 2.88. The molecule has 1 aromatic carbocycles. The zero-order valence-electron chi connectivity index (χ0n) is 10.3. The van der Waals surface area contributed by atoms with Crippen molar-refractivity contribution in [2.45, 2.75) is 31.9 Å². The van der Waals surface area contributed by atoms with E-state index in [-0.39, 0.29) is 18.1 Å². The summed E-state index contributed by atoms with van der Waals surface area (Å²) in [5.74, 6) is -0.157. The van der Waals surface area contributed by atoms with Crippen LogP contribution in [0.15, 0.2) is 24.3 Å². The van der Waals surface area contributed by atoms with Crippen LogP contribution in [0.3, 0.4) is 0 Å². The quantitative estimate of drug-likeness (QED) is 0.882. The third-order valence-corrected chi connectivity index (χ3v) is 3.14. The molecule has 0 aromatic heterocycles. The summed E-state index contributed by atoms with van der Waals surface area (Å²) in [4.78, 5) is 12.0. The summed E-state index contributed by atoms with van der Waals surface area (Å²) in [6.45, 7) is 2.72. The molecule has 1 heterocycles. The molecule has 4 heteroatoms. The molecule has 1 amide bonds. The number of nitrogens with zero attached hydrogens (tertiary/aromatic N) is 1. The number of carbonyl (C=O) groups is 1. The Balaban J connectivity index is 2.00. The van der Waals surface area contributed by atoms with Crippen LogP contribution in [0.1, 0.15) is 35.7 Å². The van der Waals surface area contributed by atoms with Gasteiger partial charge in [-0.1, -0.05) is 6.07 Å². The maximum Gasteiger partial charge on any atom is 0.251 e. The van der Waals surface area contributed by atoms with Crippen LogP contribution in [-0.4, -0.2) is 24.7 Å². The van der Waals surface area contributed by atoms with Crippen molar-refractivity contribution in [1.82, 2.24) is 5.32 Å². The van der Waals surface area contributed by atoms with Gasteiger partial charge in [0.2, 0.25) is 0 Å². The maximum atomic E-state index is 12.0. The van der Waals surface area contributed by atoms with Crippen LogP contribution in [0.25, 0.3) is 0 Å². The van der Waals surface area contributed by atoms with Gasteiger partial charge in [0.25, 0.3) is 5.91 Å². The van der Waals surface area contributed by atoms with E-state index in [1.165, 1.54) is 0 Å². The first-order valence-corrected chi connectivity index (χ1v) is 6.13. The van der Waals surface area contributed by atoms with Crippen LogP contribution in [0.2, 0.25) is 0 Å². The van der Waals surface area contributed by atoms with Crippen LogP contribution in [-0.2, 0) is 4.74 Å². The van der Waals surface area contributed by atoms with Crippen LogP contribution in [0, 0.1) is 11.3 Å². The normalized spacial score (nSPS) is 20.1. The zero-order valence-corrected chi connectivity index (χ0v) is 10.3. The average molecular weight is 244 g/mol. The lowest BCUT2D eigenvalue weighted by Gasteiger charge is -2.20. The molecule has 0 aliphatic carbocycles. The smallest absolute Gasteiger partial charge is 0.251 e. The zero-order chi connectivity index (χ0) is 13.0. The van der Waals surface area contributed by atoms with E-state index in [0.29, 0.717) is 11.1 Å². The summed E-state index contributed by atoms with van der Waals surface area (Å²) in [6.07, 6.45) is 2.14. The van der Waals surface area contributed by atoms with Gasteiger partial charge in [-0.2, -0.15) is 5.26 Å². The molecular weight excluding hydrogens is 228 g/mol. The predicted octanol–water partition coefficient (Wildman–Crippen LogP) is 1.86. The van der Waals surface area contributed by atoms with Gasteiger partial charge in [0.1, 0.15) is 0 Å². The van der Waals surface area contributed by atoms with Gasteiger partial charge in [-0.05, 0) is 38.0 Å². The molecule has 0 bridgehead atoms. The standard InChI is InChI=1S/C14H16N2O2/c1-10(13-6-3-7-18-13)16-14(17)12-5-2-4-11(8-12)9-15/h2,4-5,8,10,13H,3,6-7H2,1H3,(H,16,17)/t10-,13+/m1/s1. The van der Waals surface area contributed by atoms with Gasteiger partial charge in [0.05, 0.1) is 23.8 Å². The number of ether oxygens (including phenoxy) is 1. The second-order valence-corrected chi connectivity index (χ2v) is 4.51. The van der Waals surface area contributed by atoms with Crippen molar-refractivity contribution in [3.8, 4) is 6.07 Å². The number of hydrogen-bond acceptors (Lipinski definition) is 3. The third-order valence-electron chi connectivity index (χ3n) is 3.14. The minimum absolute atomic E-state index is 0.00857. The van der Waals surface area contributed by atoms with Gasteiger partial charge in [0, 0.05) is 12.2 Å². The molecule has 2 rings (SSSR count). The monoisotopic (exact) mass is 244 g/mol. The number of nitriles is 1. The highest BCUT2D eigenvalue weighted by molar-refractivity contribution is 5.94. The number of carbonyl (C=O) groups excluding carboxylic acids is 1. The van der Waals surface area contributed by atoms with E-state index in [1.54, 1.807) is 24.3 Å². The van der Waals surface area contributed by atoms with E-state index in [9.17, 15) is 4.79 Å². The number of nitrogens with one attached hydrogen (secondary N) is 1. The molecule has 1 saturated heterocycles. The van der Waals surface area contributed by atoms with E-state index < -0.39 is 0 Å². The van der Waals surface area contributed by atoms with Crippen molar-refractivity contribution >= 4 is 5.91 Å². The van der Waals surface area contributed by atoms with E-state index in [2.05, 4.69) is 5.32 Å². The summed E-state index contributed by atoms with van der Waals surface area (Å²) in [5, 5.41) is 11.7. The fraction of sp³-hybridized carbons (Fsp3) is 0.429. The summed E-state index contributed by atoms with van der Waals surface area (Å²) in [6, 6.07) is 8.71. The predicted molar refractivity (Wildman–Crippen MR) is 67.1 cm³/mol. The van der Waals surface area contributed by atoms with Crippen molar-refractivity contribution < 1.29 is 9.53 Å². The number of amides is 1. The molecule has 2 atom stereocenters. The number of hydrogen-bond donors (Lipinski definition) is 1. The van der Waals surface area contributed by atoms with E-state index in [1.807, 2.05) is 13.0 Å². The minimum atomic E-state index is -0.157. The van der Waals surface area contributed by atoms with Crippen molar-refractivity contribution in [2.24, 2.45) is 0 Å². The fourth-order valence-electron chi connectivity index (χ4n) is 2.11. The Hall–Kier alpha value is -1.86. The first-order valence-electron chi connectivity index (χ1n) is 6.13. The fourth-order valence-corrected chi connectivity index (χ4v) is 2.11. The Labute approximate surface area is 107 Å². The molecule has 0 saturated carbocycles. The van der Waals surface area contributed by atoms with Gasteiger partial charge < -0.3 is 10.1 Å². The van der Waals surface area contributed by atoms with Crippen LogP contribution >= 0.6 is 0 Å². The molecule has 1 N–H and O–H groups in total. The lowest BCUT2D eigenvalue weighted by Crippen LogP contribution is -2.40. The summed E-state index contributed by atoms with van der Waals surface area (Å²) in [7, 11) is 0. The van der Waals surface area contributed by atoms with Gasteiger partial charge in [0.15, 0.2) is 0 Å². The first kappa shape index (κ1) is 12.6. The maximum absolute atomic E-state index is 12.0. The van der Waals surface area contributed by atoms with E-state index in [0.717, 1.165) is 19.4 Å². The van der Waals surface area contributed by atoms with Crippen molar-refractivity contribution in [3.63, 3.8) is 0 Å². The lowest BCUT2D eigenvalue weighted by molar-refractivity contribution is 0.0712. The van der Waals surface area contributed by atoms with E-state index >= 15 is 0 Å². The highest BCUT2D eigenvalue weighted by Gasteiger charge is 2.23. The lowest BCUT2D eigenvalue weighted by atomic mass is 10.1. The second kappa shape index (κ2) is 5.65. The first-order chi connectivity index (χ1) is 8.70. The van der Waals surface area contributed by atoms with Crippen LogP contribution in [0.5, 0.6) is 0 Å². The van der Waals surface area contributed by atoms with Gasteiger partial charge in [-0.15, -0.1) is 0 Å². The Bertz CT molecular complexity index is 473. The van der Waals surface area contributed by atoms with Gasteiger partial charge >= 0.3 is 0 Å². The van der Waals surface area contributed by atoms with Crippen molar-refractivity contribution in [2.75, 3.05) is 6.61 Å². The Kier molecular flexibility index (Phi) is 3.96. The number of benzene rings is 1. The summed E-state index contributed by atoms with van der Waals surface area (Å²) in [5.41, 5.74) is 1.01. The Morgan fingerprint density at radius 3 is 3.11 bits per heavy atom. The largest absolute Gasteiger partial charge is 0.376 e. The SMILES string of the molecule is C[C@@H](NC(=O)c1cccc(C#N)c1)[C@@H]1CCCO1. The molecular formula is C14H16N2O2. The van der Waals surface area contributed by atoms with Crippen LogP contribution in [0.4, 0.5) is 0 Å². The molecule has 1 aliphatic heterocycles. The second-order valence-electron chi connectivity index (χ2n) is 4.51. The Morgan fingerprint density at radius 2 is 2.44 bits per heavy atom. The minimum Gasteiger partial charge on any atom is -0.376 e. The molecule has 0 unspecified atom stereocenters. The van der Waals surface area contributed by atoms with Crippen molar-refractivity contribution in [3.05, 3.63) is 35.4 Å². The Morgan fingerprint density at radius 1 is 1.61 bits per heavy atom. The molecule has 18 heavy (non-hydrogen) atoms. The molecule has 1 fully saturated rings. The van der Waals surface area contributed by atoms with Gasteiger partial charge in [-0.3, -0.25) is 4.79 Å². The van der Waals surface area contributed by atoms with Crippen molar-refractivity contribution in [1.29, 1.82) is 5.26 Å². The molecule has 0 spiro atoms. The number of rotatable bonds is 3. The molecule has 0 radical (unpaired) electrons. The summed E-state index contributed by atoms with van der Waals surface area (Å²) < 4.78 is 5.53. The van der Waals surface area contributed by atoms with Crippen LogP contribution < -0.4 is 5.32 Å². The molecule has 4 nitrogen and oxygen atoms in total. The molecule has 94 valence electrons. The van der Waals surface area contributed by atoms with E-state index in [4.69, 9.17) is 10.00 Å². The molecule has 1 aromatic rings. The topological polar surface area (TPSA) is 62.1 Å². The van der Waals surface area contributed by atoms with Gasteiger partial charge in [-0.25, -0.2) is 0 Å². The highest BCUT2D eigenvalue weighted by atomic mass is 16.5.